The number of nitriles is 1. The SMILES string of the molecule is CCCCCCCCc1ccc(-c2ccc(C3CCC(C#N)(C4CC[C@@H](CCC)C(=O)C4)CC3)cc2)cc1. The molecule has 0 radical (unpaired) electrons. The summed E-state index contributed by atoms with van der Waals surface area (Å²) in [5.41, 5.74) is 5.14. The molecule has 2 aliphatic carbocycles. The molecule has 0 spiro atoms. The Morgan fingerprint density at radius 2 is 1.42 bits per heavy atom. The van der Waals surface area contributed by atoms with Crippen molar-refractivity contribution in [1.82, 2.24) is 0 Å². The predicted octanol–water partition coefficient (Wildman–Crippen LogP) is 10.2. The molecular formula is C36H49NO. The van der Waals surface area contributed by atoms with E-state index >= 15 is 0 Å². The summed E-state index contributed by atoms with van der Waals surface area (Å²) >= 11 is 0. The lowest BCUT2D eigenvalue weighted by molar-refractivity contribution is -0.128. The lowest BCUT2D eigenvalue weighted by Crippen LogP contribution is -2.38. The number of ketones is 1. The number of hydrogen-bond acceptors (Lipinski definition) is 2. The predicted molar refractivity (Wildman–Crippen MR) is 159 cm³/mol. The molecule has 38 heavy (non-hydrogen) atoms. The highest BCUT2D eigenvalue weighted by molar-refractivity contribution is 5.82. The van der Waals surface area contributed by atoms with Gasteiger partial charge in [0.1, 0.15) is 5.78 Å². The first-order chi connectivity index (χ1) is 18.6. The Bertz CT molecular complexity index is 1040. The number of aryl methyl sites for hydroxylation is 1. The molecule has 4 rings (SSSR count). The minimum Gasteiger partial charge on any atom is -0.299 e. The van der Waals surface area contributed by atoms with Gasteiger partial charge in [-0.1, -0.05) is 101 Å². The van der Waals surface area contributed by atoms with Gasteiger partial charge in [0.2, 0.25) is 0 Å². The summed E-state index contributed by atoms with van der Waals surface area (Å²) in [6.07, 6.45) is 18.0. The summed E-state index contributed by atoms with van der Waals surface area (Å²) in [5, 5.41) is 10.2. The number of benzene rings is 2. The Balaban J connectivity index is 1.28. The third-order valence-electron chi connectivity index (χ3n) is 9.77. The first kappa shape index (κ1) is 28.6. The zero-order valence-corrected chi connectivity index (χ0v) is 24.0. The summed E-state index contributed by atoms with van der Waals surface area (Å²) in [6.45, 7) is 4.44. The van der Waals surface area contributed by atoms with Crippen molar-refractivity contribution in [2.75, 3.05) is 0 Å². The molecule has 0 saturated heterocycles. The number of carbonyl (C=O) groups is 1. The summed E-state index contributed by atoms with van der Waals surface area (Å²) in [4.78, 5) is 12.7. The third-order valence-corrected chi connectivity index (χ3v) is 9.77. The van der Waals surface area contributed by atoms with Gasteiger partial charge in [0, 0.05) is 12.3 Å². The van der Waals surface area contributed by atoms with Crippen molar-refractivity contribution in [1.29, 1.82) is 5.26 Å². The van der Waals surface area contributed by atoms with E-state index in [2.05, 4.69) is 68.4 Å². The van der Waals surface area contributed by atoms with Crippen molar-refractivity contribution in [3.8, 4) is 17.2 Å². The minimum absolute atomic E-state index is 0.248. The molecule has 0 heterocycles. The van der Waals surface area contributed by atoms with Gasteiger partial charge < -0.3 is 0 Å². The van der Waals surface area contributed by atoms with Gasteiger partial charge in [0.25, 0.3) is 0 Å². The molecule has 2 heteroatoms. The molecule has 2 aromatic carbocycles. The van der Waals surface area contributed by atoms with Gasteiger partial charge in [0.05, 0.1) is 11.5 Å². The molecule has 0 aliphatic heterocycles. The number of unbranched alkanes of at least 4 members (excludes halogenated alkanes) is 5. The number of carbonyl (C=O) groups excluding carboxylic acids is 1. The highest BCUT2D eigenvalue weighted by atomic mass is 16.1. The number of nitrogens with zero attached hydrogens (tertiary/aromatic N) is 1. The Morgan fingerprint density at radius 3 is 2.03 bits per heavy atom. The normalized spacial score (nSPS) is 25.7. The summed E-state index contributed by atoms with van der Waals surface area (Å²) in [5.74, 6) is 1.46. The van der Waals surface area contributed by atoms with Crippen LogP contribution in [0.4, 0.5) is 0 Å². The number of Topliss-reactive ketones (excluding diaryl/α,β-unsaturated/α-hetero) is 1. The Labute approximate surface area is 232 Å². The zero-order valence-electron chi connectivity index (χ0n) is 24.0. The molecule has 2 atom stereocenters. The van der Waals surface area contributed by atoms with E-state index in [-0.39, 0.29) is 17.3 Å². The fraction of sp³-hybridized carbons (Fsp3) is 0.611. The van der Waals surface area contributed by atoms with Gasteiger partial charge in [-0.3, -0.25) is 4.79 Å². The third kappa shape index (κ3) is 7.16. The molecule has 2 aromatic rings. The van der Waals surface area contributed by atoms with Crippen LogP contribution in [0, 0.1) is 28.6 Å². The monoisotopic (exact) mass is 511 g/mol. The second kappa shape index (κ2) is 14.1. The highest BCUT2D eigenvalue weighted by Crippen LogP contribution is 2.51. The maximum Gasteiger partial charge on any atom is 0.136 e. The molecule has 0 N–H and O–H groups in total. The number of hydrogen-bond donors (Lipinski definition) is 0. The second-order valence-electron chi connectivity index (χ2n) is 12.3. The fourth-order valence-corrected chi connectivity index (χ4v) is 7.20. The standard InChI is InChI=1S/C36H49NO/c1-3-5-6-7-8-9-11-28-12-14-29(15-13-28)30-16-18-31(19-17-30)32-22-24-36(27-37,25-23-32)34-21-20-33(10-4-2)35(38)26-34/h12-19,32-34H,3-11,20-26H2,1-2H3/t32?,33-,34?,36?/m1/s1. The maximum absolute atomic E-state index is 12.7. The molecule has 2 saturated carbocycles. The van der Waals surface area contributed by atoms with Crippen molar-refractivity contribution in [3.63, 3.8) is 0 Å². The van der Waals surface area contributed by atoms with E-state index in [4.69, 9.17) is 0 Å². The average Bonchev–Trinajstić information content (AvgIpc) is 2.96. The van der Waals surface area contributed by atoms with Gasteiger partial charge in [-0.25, -0.2) is 0 Å². The van der Waals surface area contributed by atoms with Crippen molar-refractivity contribution < 1.29 is 4.79 Å². The van der Waals surface area contributed by atoms with Crippen LogP contribution in [0.3, 0.4) is 0 Å². The lowest BCUT2D eigenvalue weighted by atomic mass is 9.59. The fourth-order valence-electron chi connectivity index (χ4n) is 7.20. The van der Waals surface area contributed by atoms with Crippen LogP contribution in [0.15, 0.2) is 48.5 Å². The summed E-state index contributed by atoms with van der Waals surface area (Å²) in [7, 11) is 0. The van der Waals surface area contributed by atoms with E-state index < -0.39 is 0 Å². The molecule has 2 fully saturated rings. The number of rotatable bonds is 12. The molecule has 0 aromatic heterocycles. The lowest BCUT2D eigenvalue weighted by Gasteiger charge is -2.43. The topological polar surface area (TPSA) is 40.9 Å². The molecule has 1 unspecified atom stereocenters. The maximum atomic E-state index is 12.7. The van der Waals surface area contributed by atoms with Gasteiger partial charge in [-0.15, -0.1) is 0 Å². The van der Waals surface area contributed by atoms with Gasteiger partial charge in [-0.05, 0) is 91.9 Å². The van der Waals surface area contributed by atoms with E-state index in [0.29, 0.717) is 18.1 Å². The van der Waals surface area contributed by atoms with Crippen LogP contribution in [0.1, 0.15) is 127 Å². The van der Waals surface area contributed by atoms with Crippen molar-refractivity contribution in [2.24, 2.45) is 17.3 Å². The molecular weight excluding hydrogens is 462 g/mol. The van der Waals surface area contributed by atoms with Gasteiger partial charge >= 0.3 is 0 Å². The second-order valence-corrected chi connectivity index (χ2v) is 12.3. The van der Waals surface area contributed by atoms with Crippen LogP contribution < -0.4 is 0 Å². The summed E-state index contributed by atoms with van der Waals surface area (Å²) < 4.78 is 0. The van der Waals surface area contributed by atoms with Crippen LogP contribution in [0.25, 0.3) is 11.1 Å². The van der Waals surface area contributed by atoms with Crippen LogP contribution in [-0.2, 0) is 11.2 Å². The average molecular weight is 512 g/mol. The molecule has 2 nitrogen and oxygen atoms in total. The largest absolute Gasteiger partial charge is 0.299 e. The molecule has 0 amide bonds. The van der Waals surface area contributed by atoms with E-state index in [1.165, 1.54) is 67.2 Å². The Hall–Kier alpha value is -2.40. The van der Waals surface area contributed by atoms with E-state index in [1.807, 2.05) is 0 Å². The Morgan fingerprint density at radius 1 is 0.789 bits per heavy atom. The zero-order chi connectivity index (χ0) is 26.8. The van der Waals surface area contributed by atoms with Crippen LogP contribution in [0.5, 0.6) is 0 Å². The Kier molecular flexibility index (Phi) is 10.6. The van der Waals surface area contributed by atoms with Crippen LogP contribution in [0.2, 0.25) is 0 Å². The highest BCUT2D eigenvalue weighted by Gasteiger charge is 2.45. The van der Waals surface area contributed by atoms with Gasteiger partial charge in [-0.2, -0.15) is 5.26 Å². The molecule has 0 bridgehead atoms. The quantitative estimate of drug-likeness (QED) is 0.266. The first-order valence-electron chi connectivity index (χ1n) is 15.7. The van der Waals surface area contributed by atoms with E-state index in [1.54, 1.807) is 0 Å². The van der Waals surface area contributed by atoms with Crippen molar-refractivity contribution in [3.05, 3.63) is 59.7 Å². The minimum atomic E-state index is -0.291. The summed E-state index contributed by atoms with van der Waals surface area (Å²) in [6, 6.07) is 21.1. The first-order valence-corrected chi connectivity index (χ1v) is 15.7. The van der Waals surface area contributed by atoms with Crippen molar-refractivity contribution >= 4 is 5.78 Å². The van der Waals surface area contributed by atoms with Crippen LogP contribution in [-0.4, -0.2) is 5.78 Å². The van der Waals surface area contributed by atoms with Crippen molar-refractivity contribution in [2.45, 2.75) is 122 Å². The van der Waals surface area contributed by atoms with E-state index in [0.717, 1.165) is 51.4 Å². The molecule has 2 aliphatic rings. The molecule has 204 valence electrons. The van der Waals surface area contributed by atoms with Crippen LogP contribution >= 0.6 is 0 Å². The van der Waals surface area contributed by atoms with Gasteiger partial charge in [0.15, 0.2) is 0 Å². The van der Waals surface area contributed by atoms with E-state index in [9.17, 15) is 10.1 Å². The smallest absolute Gasteiger partial charge is 0.136 e.